The Hall–Kier alpha value is -1.80. The van der Waals surface area contributed by atoms with Gasteiger partial charge >= 0.3 is 0 Å². The highest BCUT2D eigenvalue weighted by atomic mass is 32.2. The third kappa shape index (κ3) is 3.11. The van der Waals surface area contributed by atoms with Gasteiger partial charge in [0.25, 0.3) is 0 Å². The van der Waals surface area contributed by atoms with Gasteiger partial charge in [-0.25, -0.2) is 13.1 Å². The summed E-state index contributed by atoms with van der Waals surface area (Å²) in [6, 6.07) is 2.78. The molecule has 0 radical (unpaired) electrons. The fourth-order valence-electron chi connectivity index (χ4n) is 1.29. The summed E-state index contributed by atoms with van der Waals surface area (Å²) in [6.07, 6.45) is 0. The third-order valence-corrected chi connectivity index (χ3v) is 3.70. The minimum absolute atomic E-state index is 0.130. The fraction of sp³-hybridized carbons (Fsp3) is 0.300. The molecule has 1 aromatic rings. The molecule has 100 valence electrons. The molecule has 0 saturated carbocycles. The van der Waals surface area contributed by atoms with Gasteiger partial charge in [0.1, 0.15) is 10.6 Å². The number of nitrogens with two attached hydrogens (primary N) is 2. The number of hydrogen-bond acceptors (Lipinski definition) is 5. The van der Waals surface area contributed by atoms with Gasteiger partial charge in [-0.05, 0) is 24.6 Å². The van der Waals surface area contributed by atoms with Crippen LogP contribution >= 0.6 is 0 Å². The summed E-state index contributed by atoms with van der Waals surface area (Å²) in [5.74, 6) is -0.628. The lowest BCUT2D eigenvalue weighted by atomic mass is 10.2. The summed E-state index contributed by atoms with van der Waals surface area (Å²) in [5.41, 5.74) is 11.5. The monoisotopic (exact) mass is 273 g/mol. The first kappa shape index (κ1) is 14.3. The SMILES string of the molecule is COc1cc(C)c(N)cc1S(=O)(=O)NCC(N)=O. The molecule has 0 atom stereocenters. The number of nitrogens with one attached hydrogen (secondary N) is 1. The van der Waals surface area contributed by atoms with Crippen LogP contribution < -0.4 is 20.9 Å². The van der Waals surface area contributed by atoms with Crippen LogP contribution in [0.5, 0.6) is 5.75 Å². The van der Waals surface area contributed by atoms with Crippen LogP contribution in [0.1, 0.15) is 5.56 Å². The summed E-state index contributed by atoms with van der Waals surface area (Å²) in [6.45, 7) is 1.24. The van der Waals surface area contributed by atoms with E-state index in [1.807, 2.05) is 0 Å². The van der Waals surface area contributed by atoms with Gasteiger partial charge in [-0.15, -0.1) is 0 Å². The van der Waals surface area contributed by atoms with E-state index in [0.29, 0.717) is 11.3 Å². The molecule has 1 rings (SSSR count). The number of ether oxygens (including phenoxy) is 1. The van der Waals surface area contributed by atoms with Crippen LogP contribution in [0.4, 0.5) is 5.69 Å². The first-order valence-corrected chi connectivity index (χ1v) is 6.48. The lowest BCUT2D eigenvalue weighted by Gasteiger charge is -2.12. The molecule has 0 spiro atoms. The van der Waals surface area contributed by atoms with Crippen molar-refractivity contribution in [2.75, 3.05) is 19.4 Å². The average molecular weight is 273 g/mol. The molecule has 8 heteroatoms. The summed E-state index contributed by atoms with van der Waals surface area (Å²) in [4.78, 5) is 10.5. The second kappa shape index (κ2) is 5.23. The summed E-state index contributed by atoms with van der Waals surface area (Å²) in [5, 5.41) is 0. The highest BCUT2D eigenvalue weighted by Gasteiger charge is 2.21. The number of aryl methyl sites for hydroxylation is 1. The van der Waals surface area contributed by atoms with Gasteiger partial charge in [0.2, 0.25) is 15.9 Å². The van der Waals surface area contributed by atoms with Crippen molar-refractivity contribution in [1.29, 1.82) is 0 Å². The van der Waals surface area contributed by atoms with Crippen molar-refractivity contribution in [2.45, 2.75) is 11.8 Å². The van der Waals surface area contributed by atoms with Gasteiger partial charge in [-0.1, -0.05) is 0 Å². The number of methoxy groups -OCH3 is 1. The van der Waals surface area contributed by atoms with Crippen LogP contribution in [0.3, 0.4) is 0 Å². The van der Waals surface area contributed by atoms with E-state index in [2.05, 4.69) is 4.72 Å². The molecule has 0 saturated heterocycles. The number of primary amides is 1. The van der Waals surface area contributed by atoms with E-state index < -0.39 is 22.5 Å². The van der Waals surface area contributed by atoms with E-state index in [-0.39, 0.29) is 10.6 Å². The van der Waals surface area contributed by atoms with Crippen molar-refractivity contribution >= 4 is 21.6 Å². The highest BCUT2D eigenvalue weighted by Crippen LogP contribution is 2.28. The van der Waals surface area contributed by atoms with Gasteiger partial charge in [-0.2, -0.15) is 0 Å². The zero-order valence-electron chi connectivity index (χ0n) is 10.1. The van der Waals surface area contributed by atoms with Crippen LogP contribution in [0, 0.1) is 6.92 Å². The van der Waals surface area contributed by atoms with E-state index in [1.54, 1.807) is 6.92 Å². The molecule has 0 unspecified atom stereocenters. The van der Waals surface area contributed by atoms with E-state index in [1.165, 1.54) is 19.2 Å². The molecule has 0 aliphatic heterocycles. The minimum Gasteiger partial charge on any atom is -0.495 e. The number of anilines is 1. The summed E-state index contributed by atoms with van der Waals surface area (Å²) in [7, 11) is -2.55. The predicted octanol–water partition coefficient (Wildman–Crippen LogP) is -0.651. The lowest BCUT2D eigenvalue weighted by Crippen LogP contribution is -2.33. The Balaban J connectivity index is 3.23. The molecule has 7 nitrogen and oxygen atoms in total. The van der Waals surface area contributed by atoms with Crippen molar-refractivity contribution < 1.29 is 17.9 Å². The molecule has 0 bridgehead atoms. The smallest absolute Gasteiger partial charge is 0.244 e. The van der Waals surface area contributed by atoms with E-state index in [4.69, 9.17) is 16.2 Å². The lowest BCUT2D eigenvalue weighted by molar-refractivity contribution is -0.116. The predicted molar refractivity (Wildman–Crippen MR) is 66.5 cm³/mol. The van der Waals surface area contributed by atoms with Gasteiger partial charge in [-0.3, -0.25) is 4.79 Å². The normalized spacial score (nSPS) is 11.2. The Bertz CT molecular complexity index is 569. The number of amides is 1. The summed E-state index contributed by atoms with van der Waals surface area (Å²) < 4.78 is 30.9. The molecule has 5 N–H and O–H groups in total. The zero-order chi connectivity index (χ0) is 13.9. The maximum Gasteiger partial charge on any atom is 0.244 e. The molecule has 0 aliphatic rings. The van der Waals surface area contributed by atoms with Crippen molar-refractivity contribution in [3.05, 3.63) is 17.7 Å². The molecule has 0 heterocycles. The first-order chi connectivity index (χ1) is 8.27. The first-order valence-electron chi connectivity index (χ1n) is 5.00. The van der Waals surface area contributed by atoms with Gasteiger partial charge in [0.05, 0.1) is 13.7 Å². The second-order valence-electron chi connectivity index (χ2n) is 3.65. The highest BCUT2D eigenvalue weighted by molar-refractivity contribution is 7.89. The van der Waals surface area contributed by atoms with Crippen molar-refractivity contribution in [2.24, 2.45) is 5.73 Å². The number of rotatable bonds is 5. The van der Waals surface area contributed by atoms with Gasteiger partial charge < -0.3 is 16.2 Å². The molecule has 0 aromatic heterocycles. The molecule has 1 aromatic carbocycles. The van der Waals surface area contributed by atoms with Crippen LogP contribution in [0.15, 0.2) is 17.0 Å². The Morgan fingerprint density at radius 1 is 1.44 bits per heavy atom. The second-order valence-corrected chi connectivity index (χ2v) is 5.39. The van der Waals surface area contributed by atoms with Gasteiger partial charge in [0.15, 0.2) is 0 Å². The van der Waals surface area contributed by atoms with Crippen molar-refractivity contribution in [3.8, 4) is 5.75 Å². The Morgan fingerprint density at radius 2 is 2.06 bits per heavy atom. The molecule has 1 amide bonds. The van der Waals surface area contributed by atoms with E-state index in [9.17, 15) is 13.2 Å². The standard InChI is InChI=1S/C10H15N3O4S/c1-6-3-8(17-2)9(4-7(6)11)18(15,16)13-5-10(12)14/h3-4,13H,5,11H2,1-2H3,(H2,12,14). The van der Waals surface area contributed by atoms with E-state index in [0.717, 1.165) is 0 Å². The maximum atomic E-state index is 11.9. The fourth-order valence-corrected chi connectivity index (χ4v) is 2.47. The molecular weight excluding hydrogens is 258 g/mol. The Labute approximate surface area is 105 Å². The van der Waals surface area contributed by atoms with Gasteiger partial charge in [0, 0.05) is 5.69 Å². The number of sulfonamides is 1. The Kier molecular flexibility index (Phi) is 4.15. The van der Waals surface area contributed by atoms with E-state index >= 15 is 0 Å². The topological polar surface area (TPSA) is 125 Å². The number of carbonyl (C=O) groups excluding carboxylic acids is 1. The van der Waals surface area contributed by atoms with Crippen LogP contribution in [-0.4, -0.2) is 28.0 Å². The summed E-state index contributed by atoms with van der Waals surface area (Å²) >= 11 is 0. The largest absolute Gasteiger partial charge is 0.495 e. The maximum absolute atomic E-state index is 11.9. The Morgan fingerprint density at radius 3 is 2.56 bits per heavy atom. The average Bonchev–Trinajstić information content (AvgIpc) is 2.29. The number of carbonyl (C=O) groups is 1. The molecule has 0 aliphatic carbocycles. The van der Waals surface area contributed by atoms with Crippen LogP contribution in [0.25, 0.3) is 0 Å². The number of nitrogen functional groups attached to an aromatic ring is 1. The van der Waals surface area contributed by atoms with Crippen LogP contribution in [0.2, 0.25) is 0 Å². The number of benzene rings is 1. The molecule has 18 heavy (non-hydrogen) atoms. The molecular formula is C10H15N3O4S. The molecule has 0 fully saturated rings. The quantitative estimate of drug-likeness (QED) is 0.615. The zero-order valence-corrected chi connectivity index (χ0v) is 10.9. The van der Waals surface area contributed by atoms with Crippen molar-refractivity contribution in [3.63, 3.8) is 0 Å². The minimum atomic E-state index is -3.89. The third-order valence-electron chi connectivity index (χ3n) is 2.28. The number of hydrogen-bond donors (Lipinski definition) is 3. The van der Waals surface area contributed by atoms with Crippen molar-refractivity contribution in [1.82, 2.24) is 4.72 Å². The van der Waals surface area contributed by atoms with Crippen LogP contribution in [-0.2, 0) is 14.8 Å².